The van der Waals surface area contributed by atoms with Gasteiger partial charge in [-0.3, -0.25) is 28.8 Å². The fraction of sp³-hybridized carbons (Fsp3) is 0.471. The van der Waals surface area contributed by atoms with Crippen molar-refractivity contribution in [2.24, 2.45) is 11.7 Å². The standard InChI is InChI=1S/C34H44N6O9/c1-19(2)30-34(46)37-20(3)18-49-25-7-5-4-6-22(25)31(43)39-24(17-29(42)38-23(33(45)40-30)9-11-28(35)41)32(44)36-13-12-21-8-10-26-27(16-21)48-15-14-47-26/h4-8,10,16,19-20,23-24,30H,9,11-15,17-18H2,1-3H3,(H2,35,41)(H,36,44)(H,37,46)(H,38,42)(H,39,43)(H,40,45)/t20-,23-,24-,30+/m0/s1. The lowest BCUT2D eigenvalue weighted by molar-refractivity contribution is -0.134. The van der Waals surface area contributed by atoms with Gasteiger partial charge in [0.05, 0.1) is 18.0 Å². The number of carbonyl (C=O) groups is 6. The van der Waals surface area contributed by atoms with E-state index in [2.05, 4.69) is 26.6 Å². The van der Waals surface area contributed by atoms with Crippen molar-refractivity contribution >= 4 is 35.4 Å². The van der Waals surface area contributed by atoms with E-state index in [0.29, 0.717) is 31.1 Å². The van der Waals surface area contributed by atoms with Crippen molar-refractivity contribution < 1.29 is 43.0 Å². The predicted molar refractivity (Wildman–Crippen MR) is 177 cm³/mol. The second-order valence-corrected chi connectivity index (χ2v) is 12.3. The van der Waals surface area contributed by atoms with Crippen molar-refractivity contribution in [3.05, 3.63) is 53.6 Å². The first kappa shape index (κ1) is 36.5. The van der Waals surface area contributed by atoms with Gasteiger partial charge in [-0.2, -0.15) is 0 Å². The monoisotopic (exact) mass is 680 g/mol. The number of ether oxygens (including phenoxy) is 3. The van der Waals surface area contributed by atoms with E-state index in [4.69, 9.17) is 19.9 Å². The number of nitrogens with one attached hydrogen (secondary N) is 5. The van der Waals surface area contributed by atoms with Crippen molar-refractivity contribution in [1.29, 1.82) is 0 Å². The molecule has 4 atom stereocenters. The Hall–Kier alpha value is -5.34. The lowest BCUT2D eigenvalue weighted by Crippen LogP contribution is -2.57. The van der Waals surface area contributed by atoms with Gasteiger partial charge < -0.3 is 46.5 Å². The number of para-hydroxylation sites is 1. The van der Waals surface area contributed by atoms with Gasteiger partial charge in [0.15, 0.2) is 11.5 Å². The first-order valence-electron chi connectivity index (χ1n) is 16.3. The van der Waals surface area contributed by atoms with Crippen LogP contribution in [0.15, 0.2) is 42.5 Å². The van der Waals surface area contributed by atoms with Crippen LogP contribution >= 0.6 is 0 Å². The molecule has 0 aromatic heterocycles. The van der Waals surface area contributed by atoms with Crippen molar-refractivity contribution in [3.63, 3.8) is 0 Å². The number of primary amides is 1. The maximum absolute atomic E-state index is 13.5. The van der Waals surface area contributed by atoms with Crippen LogP contribution in [0.1, 0.15) is 56.0 Å². The Bertz CT molecular complexity index is 1550. The topological polar surface area (TPSA) is 216 Å². The molecule has 7 N–H and O–H groups in total. The first-order valence-corrected chi connectivity index (χ1v) is 16.3. The second-order valence-electron chi connectivity index (χ2n) is 12.3. The first-order chi connectivity index (χ1) is 23.4. The molecule has 2 aromatic rings. The smallest absolute Gasteiger partial charge is 0.255 e. The van der Waals surface area contributed by atoms with E-state index in [-0.39, 0.29) is 43.2 Å². The summed E-state index contributed by atoms with van der Waals surface area (Å²) in [4.78, 5) is 78.6. The number of fused-ring (bicyclic) bond motifs is 2. The summed E-state index contributed by atoms with van der Waals surface area (Å²) in [5.41, 5.74) is 6.30. The number of hydrogen-bond donors (Lipinski definition) is 6. The molecule has 2 heterocycles. The fourth-order valence-corrected chi connectivity index (χ4v) is 5.29. The molecule has 2 aromatic carbocycles. The molecule has 15 nitrogen and oxygen atoms in total. The summed E-state index contributed by atoms with van der Waals surface area (Å²) >= 11 is 0. The second kappa shape index (κ2) is 17.2. The summed E-state index contributed by atoms with van der Waals surface area (Å²) in [7, 11) is 0. The Kier molecular flexibility index (Phi) is 12.8. The van der Waals surface area contributed by atoms with Gasteiger partial charge in [0, 0.05) is 13.0 Å². The zero-order chi connectivity index (χ0) is 35.5. The average Bonchev–Trinajstić information content (AvgIpc) is 3.07. The summed E-state index contributed by atoms with van der Waals surface area (Å²) in [5.74, 6) is -2.87. The molecule has 0 aliphatic carbocycles. The number of rotatable bonds is 8. The van der Waals surface area contributed by atoms with Crippen LogP contribution in [0, 0.1) is 5.92 Å². The van der Waals surface area contributed by atoms with Gasteiger partial charge in [-0.1, -0.05) is 32.0 Å². The van der Waals surface area contributed by atoms with E-state index in [1.807, 2.05) is 12.1 Å². The highest BCUT2D eigenvalue weighted by molar-refractivity contribution is 6.01. The molecule has 49 heavy (non-hydrogen) atoms. The van der Waals surface area contributed by atoms with Gasteiger partial charge in [0.1, 0.15) is 43.7 Å². The van der Waals surface area contributed by atoms with Crippen LogP contribution in [0.25, 0.3) is 0 Å². The summed E-state index contributed by atoms with van der Waals surface area (Å²) in [6, 6.07) is 7.71. The normalized spacial score (nSPS) is 21.9. The molecular weight excluding hydrogens is 636 g/mol. The molecule has 0 unspecified atom stereocenters. The van der Waals surface area contributed by atoms with Gasteiger partial charge >= 0.3 is 0 Å². The summed E-state index contributed by atoms with van der Waals surface area (Å²) < 4.78 is 17.1. The number of benzene rings is 2. The zero-order valence-corrected chi connectivity index (χ0v) is 27.8. The van der Waals surface area contributed by atoms with E-state index >= 15 is 0 Å². The quantitative estimate of drug-likeness (QED) is 0.223. The van der Waals surface area contributed by atoms with Gasteiger partial charge in [0.2, 0.25) is 29.5 Å². The third kappa shape index (κ3) is 10.6. The number of carbonyl (C=O) groups excluding carboxylic acids is 6. The van der Waals surface area contributed by atoms with Gasteiger partial charge in [0.25, 0.3) is 5.91 Å². The molecule has 6 amide bonds. The number of amides is 6. The Balaban J connectivity index is 1.57. The van der Waals surface area contributed by atoms with Crippen molar-refractivity contribution in [1.82, 2.24) is 26.6 Å². The minimum atomic E-state index is -1.36. The van der Waals surface area contributed by atoms with Gasteiger partial charge in [-0.25, -0.2) is 0 Å². The van der Waals surface area contributed by atoms with Crippen molar-refractivity contribution in [2.45, 2.75) is 70.6 Å². The van der Waals surface area contributed by atoms with E-state index in [0.717, 1.165) is 5.56 Å². The summed E-state index contributed by atoms with van der Waals surface area (Å²) in [6.45, 7) is 6.25. The molecule has 15 heteroatoms. The maximum Gasteiger partial charge on any atom is 0.255 e. The van der Waals surface area contributed by atoms with Crippen molar-refractivity contribution in [3.8, 4) is 17.2 Å². The van der Waals surface area contributed by atoms with Crippen LogP contribution in [0.3, 0.4) is 0 Å². The molecule has 264 valence electrons. The molecule has 0 saturated heterocycles. The molecule has 0 fully saturated rings. The fourth-order valence-electron chi connectivity index (χ4n) is 5.29. The Labute approximate surface area is 284 Å². The third-order valence-corrected chi connectivity index (χ3v) is 7.92. The van der Waals surface area contributed by atoms with E-state index < -0.39 is 66.0 Å². The van der Waals surface area contributed by atoms with Gasteiger partial charge in [-0.05, 0) is 55.5 Å². The van der Waals surface area contributed by atoms with Crippen LogP contribution in [-0.2, 0) is 30.4 Å². The van der Waals surface area contributed by atoms with E-state index in [1.165, 1.54) is 6.07 Å². The molecule has 0 saturated carbocycles. The SMILES string of the molecule is CC(C)[C@H]1NC(=O)[C@H](CCC(N)=O)NC(=O)C[C@@H](C(=O)NCCc2ccc3c(c2)OCCO3)NC(=O)c2ccccc2OC[C@H](C)NC1=O. The minimum absolute atomic E-state index is 0.0140. The van der Waals surface area contributed by atoms with E-state index in [1.54, 1.807) is 45.0 Å². The highest BCUT2D eigenvalue weighted by atomic mass is 16.6. The predicted octanol–water partition coefficient (Wildman–Crippen LogP) is 0.0934. The summed E-state index contributed by atoms with van der Waals surface area (Å²) in [6.07, 6.45) is -0.516. The summed E-state index contributed by atoms with van der Waals surface area (Å²) in [5, 5.41) is 13.4. The number of nitrogens with two attached hydrogens (primary N) is 1. The Morgan fingerprint density at radius 1 is 0.898 bits per heavy atom. The highest BCUT2D eigenvalue weighted by Gasteiger charge is 2.32. The van der Waals surface area contributed by atoms with Crippen LogP contribution in [-0.4, -0.2) is 86.0 Å². The Morgan fingerprint density at radius 3 is 2.37 bits per heavy atom. The van der Waals surface area contributed by atoms with Crippen LogP contribution in [0.2, 0.25) is 0 Å². The van der Waals surface area contributed by atoms with Crippen LogP contribution < -0.4 is 46.5 Å². The van der Waals surface area contributed by atoms with Crippen LogP contribution in [0.4, 0.5) is 0 Å². The third-order valence-electron chi connectivity index (χ3n) is 7.92. The Morgan fingerprint density at radius 2 is 1.63 bits per heavy atom. The maximum atomic E-state index is 13.5. The molecule has 0 radical (unpaired) electrons. The lowest BCUT2D eigenvalue weighted by Gasteiger charge is -2.26. The minimum Gasteiger partial charge on any atom is -0.491 e. The molecule has 2 aliphatic rings. The number of hydrogen-bond acceptors (Lipinski definition) is 9. The highest BCUT2D eigenvalue weighted by Crippen LogP contribution is 2.30. The molecule has 0 spiro atoms. The van der Waals surface area contributed by atoms with Gasteiger partial charge in [-0.15, -0.1) is 0 Å². The molecule has 2 aliphatic heterocycles. The molecule has 0 bridgehead atoms. The molecular formula is C34H44N6O9. The average molecular weight is 681 g/mol. The largest absolute Gasteiger partial charge is 0.491 e. The lowest BCUT2D eigenvalue weighted by atomic mass is 10.0. The zero-order valence-electron chi connectivity index (χ0n) is 27.8. The van der Waals surface area contributed by atoms with E-state index in [9.17, 15) is 28.8 Å². The van der Waals surface area contributed by atoms with Crippen LogP contribution in [0.5, 0.6) is 17.2 Å². The van der Waals surface area contributed by atoms with Crippen molar-refractivity contribution in [2.75, 3.05) is 26.4 Å². The molecule has 4 rings (SSSR count).